The van der Waals surface area contributed by atoms with Crippen LogP contribution in [-0.4, -0.2) is 59.3 Å². The fourth-order valence-corrected chi connectivity index (χ4v) is 5.95. The lowest BCUT2D eigenvalue weighted by Gasteiger charge is -2.37. The summed E-state index contributed by atoms with van der Waals surface area (Å²) in [5, 5.41) is 11.0. The van der Waals surface area contributed by atoms with Gasteiger partial charge in [0.15, 0.2) is 0 Å². The van der Waals surface area contributed by atoms with Gasteiger partial charge in [0.25, 0.3) is 0 Å². The van der Waals surface area contributed by atoms with Gasteiger partial charge in [-0.05, 0) is 45.6 Å². The average molecular weight is 501 g/mol. The number of sulfonamides is 1. The van der Waals surface area contributed by atoms with E-state index >= 15 is 0 Å². The van der Waals surface area contributed by atoms with Gasteiger partial charge in [-0.3, -0.25) is 0 Å². The van der Waals surface area contributed by atoms with Crippen molar-refractivity contribution in [1.29, 1.82) is 0 Å². The zero-order valence-corrected chi connectivity index (χ0v) is 20.8. The van der Waals surface area contributed by atoms with Crippen molar-refractivity contribution in [2.75, 3.05) is 32.6 Å². The zero-order chi connectivity index (χ0) is 22.7. The fourth-order valence-electron chi connectivity index (χ4n) is 3.31. The number of halogens is 2. The van der Waals surface area contributed by atoms with Crippen LogP contribution in [0.15, 0.2) is 12.1 Å². The van der Waals surface area contributed by atoms with Crippen LogP contribution >= 0.6 is 23.2 Å². The van der Waals surface area contributed by atoms with E-state index in [4.69, 9.17) is 27.9 Å². The maximum Gasteiger partial charge on any atom is 0.216 e. The minimum Gasteiger partial charge on any atom is -0.508 e. The number of nitrogens with zero attached hydrogens (tertiary/aromatic N) is 1. The van der Waals surface area contributed by atoms with Gasteiger partial charge in [0.05, 0.1) is 44.2 Å². The number of benzene rings is 1. The SMILES string of the molecule is COCCS(=O)(=O)N1CCC([C@@H](NS(=O)C(C)(C)C)c2cc(Cl)c(Cl)cc2O)CC1. The summed E-state index contributed by atoms with van der Waals surface area (Å²) in [5.41, 5.74) is 0.502. The third-order valence-electron chi connectivity index (χ3n) is 5.10. The summed E-state index contributed by atoms with van der Waals surface area (Å²) >= 11 is 12.2. The highest BCUT2D eigenvalue weighted by molar-refractivity contribution is 7.89. The second kappa shape index (κ2) is 10.5. The molecule has 172 valence electrons. The van der Waals surface area contributed by atoms with Gasteiger partial charge in [-0.15, -0.1) is 0 Å². The van der Waals surface area contributed by atoms with Crippen LogP contribution < -0.4 is 4.72 Å². The van der Waals surface area contributed by atoms with Crippen molar-refractivity contribution < 1.29 is 22.5 Å². The number of hydrogen-bond acceptors (Lipinski definition) is 5. The first-order valence-electron chi connectivity index (χ1n) is 9.69. The lowest BCUT2D eigenvalue weighted by atomic mass is 9.86. The standard InChI is InChI=1S/C19H30Cl2N2O5S2/c1-19(2,3)29(25)22-18(14-11-15(20)16(21)12-17(14)24)13-5-7-23(8-6-13)30(26,27)10-9-28-4/h11-13,18,22,24H,5-10H2,1-4H3/t18-,29?/m1/s1. The molecule has 1 unspecified atom stereocenters. The molecule has 2 rings (SSSR count). The summed E-state index contributed by atoms with van der Waals surface area (Å²) in [7, 11) is -3.32. The Labute approximate surface area is 191 Å². The minimum absolute atomic E-state index is 0.0389. The van der Waals surface area contributed by atoms with E-state index in [0.29, 0.717) is 31.5 Å². The van der Waals surface area contributed by atoms with E-state index in [1.165, 1.54) is 17.5 Å². The summed E-state index contributed by atoms with van der Waals surface area (Å²) < 4.78 is 46.7. The van der Waals surface area contributed by atoms with Crippen molar-refractivity contribution in [3.8, 4) is 5.75 Å². The number of piperidine rings is 1. The van der Waals surface area contributed by atoms with Gasteiger partial charge >= 0.3 is 0 Å². The van der Waals surface area contributed by atoms with Crippen molar-refractivity contribution in [2.24, 2.45) is 5.92 Å². The van der Waals surface area contributed by atoms with Crippen LogP contribution in [-0.2, 0) is 25.7 Å². The second-order valence-corrected chi connectivity index (χ2v) is 13.2. The van der Waals surface area contributed by atoms with Gasteiger partial charge in [-0.1, -0.05) is 23.2 Å². The molecule has 30 heavy (non-hydrogen) atoms. The van der Waals surface area contributed by atoms with E-state index in [-0.39, 0.29) is 34.1 Å². The molecule has 0 spiro atoms. The summed E-state index contributed by atoms with van der Waals surface area (Å²) in [4.78, 5) is 0. The van der Waals surface area contributed by atoms with Crippen LogP contribution in [0.4, 0.5) is 0 Å². The van der Waals surface area contributed by atoms with Crippen molar-refractivity contribution in [3.63, 3.8) is 0 Å². The highest BCUT2D eigenvalue weighted by atomic mass is 35.5. The number of nitrogens with one attached hydrogen (secondary N) is 1. The topological polar surface area (TPSA) is 95.9 Å². The smallest absolute Gasteiger partial charge is 0.216 e. The van der Waals surface area contributed by atoms with Crippen LogP contribution in [0, 0.1) is 5.92 Å². The highest BCUT2D eigenvalue weighted by Gasteiger charge is 2.35. The van der Waals surface area contributed by atoms with Crippen LogP contribution in [0.2, 0.25) is 10.0 Å². The molecule has 0 radical (unpaired) electrons. The highest BCUT2D eigenvalue weighted by Crippen LogP contribution is 2.40. The monoisotopic (exact) mass is 500 g/mol. The summed E-state index contributed by atoms with van der Waals surface area (Å²) in [6.07, 6.45) is 1.09. The molecule has 2 N–H and O–H groups in total. The van der Waals surface area contributed by atoms with E-state index < -0.39 is 31.8 Å². The average Bonchev–Trinajstić information content (AvgIpc) is 2.67. The van der Waals surface area contributed by atoms with E-state index in [1.807, 2.05) is 20.8 Å². The van der Waals surface area contributed by atoms with Crippen molar-refractivity contribution >= 4 is 44.2 Å². The lowest BCUT2D eigenvalue weighted by molar-refractivity contribution is 0.210. The predicted octanol–water partition coefficient (Wildman–Crippen LogP) is 3.48. The number of aromatic hydroxyl groups is 1. The summed E-state index contributed by atoms with van der Waals surface area (Å²) in [6.45, 7) is 6.40. The second-order valence-electron chi connectivity index (χ2n) is 8.35. The Morgan fingerprint density at radius 3 is 2.37 bits per heavy atom. The Bertz CT molecular complexity index is 866. The third-order valence-corrected chi connectivity index (χ3v) is 9.24. The zero-order valence-electron chi connectivity index (χ0n) is 17.7. The Balaban J connectivity index is 2.27. The van der Waals surface area contributed by atoms with Gasteiger partial charge in [0.1, 0.15) is 5.75 Å². The number of rotatable bonds is 8. The molecule has 0 saturated carbocycles. The van der Waals surface area contributed by atoms with Gasteiger partial charge in [0.2, 0.25) is 10.0 Å². The molecule has 0 aromatic heterocycles. The van der Waals surface area contributed by atoms with E-state index in [2.05, 4.69) is 4.72 Å². The predicted molar refractivity (Wildman–Crippen MR) is 122 cm³/mol. The molecule has 0 aliphatic carbocycles. The number of phenolic OH excluding ortho intramolecular Hbond substituents is 1. The lowest BCUT2D eigenvalue weighted by Crippen LogP contribution is -2.45. The molecular formula is C19H30Cl2N2O5S2. The molecule has 1 aliphatic heterocycles. The molecular weight excluding hydrogens is 471 g/mol. The van der Waals surface area contributed by atoms with E-state index in [9.17, 15) is 17.7 Å². The third kappa shape index (κ3) is 6.54. The molecule has 1 heterocycles. The molecule has 0 amide bonds. The van der Waals surface area contributed by atoms with Crippen LogP contribution in [0.1, 0.15) is 45.2 Å². The fraction of sp³-hybridized carbons (Fsp3) is 0.684. The molecule has 1 saturated heterocycles. The van der Waals surface area contributed by atoms with Gasteiger partial charge in [-0.2, -0.15) is 0 Å². The van der Waals surface area contributed by atoms with E-state index in [0.717, 1.165) is 0 Å². The molecule has 11 heteroatoms. The quantitative estimate of drug-likeness (QED) is 0.569. The minimum atomic E-state index is -3.39. The Kier molecular flexibility index (Phi) is 9.01. The first-order chi connectivity index (χ1) is 13.9. The van der Waals surface area contributed by atoms with Gasteiger partial charge < -0.3 is 9.84 Å². The molecule has 1 aliphatic rings. The van der Waals surface area contributed by atoms with Crippen molar-refractivity contribution in [1.82, 2.24) is 9.03 Å². The molecule has 1 aromatic rings. The molecule has 2 atom stereocenters. The maximum absolute atomic E-state index is 12.8. The summed E-state index contributed by atoms with van der Waals surface area (Å²) in [5.74, 6) is -0.145. The largest absolute Gasteiger partial charge is 0.508 e. The van der Waals surface area contributed by atoms with Gasteiger partial charge in [0, 0.05) is 31.8 Å². The first kappa shape index (κ1) is 25.8. The van der Waals surface area contributed by atoms with Crippen LogP contribution in [0.3, 0.4) is 0 Å². The normalized spacial score (nSPS) is 19.0. The van der Waals surface area contributed by atoms with Gasteiger partial charge in [-0.25, -0.2) is 21.7 Å². The number of phenols is 1. The van der Waals surface area contributed by atoms with Crippen LogP contribution in [0.5, 0.6) is 5.75 Å². The number of hydrogen-bond donors (Lipinski definition) is 2. The van der Waals surface area contributed by atoms with Crippen LogP contribution in [0.25, 0.3) is 0 Å². The summed E-state index contributed by atoms with van der Waals surface area (Å²) in [6, 6.07) is 2.49. The maximum atomic E-state index is 12.8. The Morgan fingerprint density at radius 2 is 1.83 bits per heavy atom. The Morgan fingerprint density at radius 1 is 1.27 bits per heavy atom. The number of methoxy groups -OCH3 is 1. The number of ether oxygens (including phenoxy) is 1. The Hall–Kier alpha value is -0.420. The first-order valence-corrected chi connectivity index (χ1v) is 13.2. The van der Waals surface area contributed by atoms with E-state index in [1.54, 1.807) is 6.07 Å². The molecule has 1 aromatic carbocycles. The van der Waals surface area contributed by atoms with Crippen molar-refractivity contribution in [3.05, 3.63) is 27.7 Å². The molecule has 0 bridgehead atoms. The van der Waals surface area contributed by atoms with Crippen molar-refractivity contribution in [2.45, 2.75) is 44.4 Å². The molecule has 7 nitrogen and oxygen atoms in total. The molecule has 1 fully saturated rings.